The third-order valence-corrected chi connectivity index (χ3v) is 2.17. The molecule has 1 aromatic carbocycles. The molecule has 0 aliphatic rings. The summed E-state index contributed by atoms with van der Waals surface area (Å²) in [6.45, 7) is 1.65. The van der Waals surface area contributed by atoms with Crippen LogP contribution in [0.2, 0.25) is 0 Å². The maximum atomic E-state index is 13.5. The fraction of sp³-hybridized carbons (Fsp3) is 0.222. The van der Waals surface area contributed by atoms with Crippen molar-refractivity contribution in [3.8, 4) is 0 Å². The Morgan fingerprint density at radius 1 is 1.35 bits per heavy atom. The molecule has 2 aromatic rings. The first-order valence-corrected chi connectivity index (χ1v) is 4.82. The zero-order chi connectivity index (χ0) is 12.4. The van der Waals surface area contributed by atoms with E-state index >= 15 is 0 Å². The van der Waals surface area contributed by atoms with Crippen LogP contribution >= 0.6 is 0 Å². The largest absolute Gasteiger partial charge is 0.399 e. The molecule has 4 N–H and O–H groups in total. The van der Waals surface area contributed by atoms with E-state index in [9.17, 15) is 8.78 Å². The predicted molar refractivity (Wildman–Crippen MR) is 57.0 cm³/mol. The number of H-pyrrole nitrogens is 1. The number of aromatic nitrogens is 4. The molecule has 2 rings (SSSR count). The van der Waals surface area contributed by atoms with E-state index in [4.69, 9.17) is 5.73 Å². The van der Waals surface area contributed by atoms with Crippen molar-refractivity contribution in [3.05, 3.63) is 29.6 Å². The van der Waals surface area contributed by atoms with Gasteiger partial charge in [-0.05, 0) is 19.1 Å². The molecular formula is C9H10F2N6. The molecule has 0 saturated carbocycles. The Kier molecular flexibility index (Phi) is 2.86. The summed E-state index contributed by atoms with van der Waals surface area (Å²) in [7, 11) is 0. The minimum atomic E-state index is -0.766. The van der Waals surface area contributed by atoms with E-state index in [2.05, 4.69) is 25.9 Å². The highest BCUT2D eigenvalue weighted by molar-refractivity contribution is 5.54. The second-order valence-electron chi connectivity index (χ2n) is 3.50. The molecule has 0 fully saturated rings. The lowest BCUT2D eigenvalue weighted by Crippen LogP contribution is -2.11. The van der Waals surface area contributed by atoms with Gasteiger partial charge >= 0.3 is 0 Å². The van der Waals surface area contributed by atoms with Crippen molar-refractivity contribution in [2.45, 2.75) is 13.0 Å². The average molecular weight is 240 g/mol. The van der Waals surface area contributed by atoms with Crippen molar-refractivity contribution >= 4 is 11.4 Å². The van der Waals surface area contributed by atoms with Gasteiger partial charge in [0.05, 0.1) is 6.04 Å². The lowest BCUT2D eigenvalue weighted by molar-refractivity contribution is 0.584. The lowest BCUT2D eigenvalue weighted by Gasteiger charge is -2.13. The zero-order valence-electron chi connectivity index (χ0n) is 8.91. The van der Waals surface area contributed by atoms with Crippen molar-refractivity contribution in [1.29, 1.82) is 0 Å². The van der Waals surface area contributed by atoms with Crippen molar-refractivity contribution in [2.75, 3.05) is 11.1 Å². The number of benzene rings is 1. The van der Waals surface area contributed by atoms with Crippen LogP contribution < -0.4 is 11.1 Å². The van der Waals surface area contributed by atoms with Crippen LogP contribution in [0.25, 0.3) is 0 Å². The molecule has 0 radical (unpaired) electrons. The number of rotatable bonds is 3. The Balaban J connectivity index is 2.25. The summed E-state index contributed by atoms with van der Waals surface area (Å²) in [5, 5.41) is 15.7. The summed E-state index contributed by atoms with van der Waals surface area (Å²) < 4.78 is 26.9. The molecule has 0 aliphatic heterocycles. The normalized spacial score (nSPS) is 12.4. The van der Waals surface area contributed by atoms with Crippen LogP contribution in [-0.4, -0.2) is 20.6 Å². The highest BCUT2D eigenvalue weighted by Crippen LogP contribution is 2.25. The lowest BCUT2D eigenvalue weighted by atomic mass is 10.2. The Hall–Kier alpha value is -2.25. The Bertz CT molecular complexity index is 489. The van der Waals surface area contributed by atoms with Gasteiger partial charge in [0.25, 0.3) is 0 Å². The molecule has 17 heavy (non-hydrogen) atoms. The molecule has 0 amide bonds. The summed E-state index contributed by atoms with van der Waals surface area (Å²) in [6, 6.07) is 1.59. The quantitative estimate of drug-likeness (QED) is 0.702. The average Bonchev–Trinajstić information content (AvgIpc) is 2.76. The number of halogens is 2. The highest BCUT2D eigenvalue weighted by Gasteiger charge is 2.16. The van der Waals surface area contributed by atoms with Crippen LogP contribution in [0.3, 0.4) is 0 Å². The van der Waals surface area contributed by atoms with E-state index in [1.165, 1.54) is 0 Å². The monoisotopic (exact) mass is 240 g/mol. The fourth-order valence-electron chi connectivity index (χ4n) is 1.36. The minimum Gasteiger partial charge on any atom is -0.399 e. The van der Waals surface area contributed by atoms with E-state index in [0.717, 1.165) is 12.1 Å². The Labute approximate surface area is 95.2 Å². The number of aromatic amines is 1. The predicted octanol–water partition coefficient (Wildman–Crippen LogP) is 1.23. The SMILES string of the molecule is CC(Nc1c(F)cc(N)cc1F)c1nn[nH]n1. The van der Waals surface area contributed by atoms with E-state index in [1.54, 1.807) is 6.92 Å². The van der Waals surface area contributed by atoms with Gasteiger partial charge in [-0.15, -0.1) is 10.2 Å². The van der Waals surface area contributed by atoms with Crippen LogP contribution in [0.15, 0.2) is 12.1 Å². The van der Waals surface area contributed by atoms with E-state index < -0.39 is 17.7 Å². The molecule has 1 heterocycles. The van der Waals surface area contributed by atoms with E-state index in [1.807, 2.05) is 0 Å². The van der Waals surface area contributed by atoms with Gasteiger partial charge in [-0.1, -0.05) is 5.21 Å². The van der Waals surface area contributed by atoms with Gasteiger partial charge in [-0.2, -0.15) is 5.21 Å². The van der Waals surface area contributed by atoms with Gasteiger partial charge in [0.15, 0.2) is 17.5 Å². The van der Waals surface area contributed by atoms with Crippen LogP contribution in [0, 0.1) is 11.6 Å². The standard InChI is InChI=1S/C9H10F2N6/c1-4(9-14-16-17-15-9)13-8-6(10)2-5(12)3-7(8)11/h2-4,13H,12H2,1H3,(H,14,15,16,17). The first-order valence-electron chi connectivity index (χ1n) is 4.82. The summed E-state index contributed by atoms with van der Waals surface area (Å²) in [5.41, 5.74) is 5.06. The molecular weight excluding hydrogens is 230 g/mol. The van der Waals surface area contributed by atoms with Crippen molar-refractivity contribution in [1.82, 2.24) is 20.6 Å². The summed E-state index contributed by atoms with van der Waals surface area (Å²) >= 11 is 0. The molecule has 0 aliphatic carbocycles. The van der Waals surface area contributed by atoms with Gasteiger partial charge in [0.2, 0.25) is 0 Å². The van der Waals surface area contributed by atoms with E-state index in [0.29, 0.717) is 5.82 Å². The Morgan fingerprint density at radius 3 is 2.53 bits per heavy atom. The third kappa shape index (κ3) is 2.30. The van der Waals surface area contributed by atoms with Gasteiger partial charge in [0.1, 0.15) is 5.69 Å². The number of nitrogen functional groups attached to an aromatic ring is 1. The maximum absolute atomic E-state index is 13.5. The summed E-state index contributed by atoms with van der Waals surface area (Å²) in [5.74, 6) is -1.23. The zero-order valence-corrected chi connectivity index (χ0v) is 8.91. The van der Waals surface area contributed by atoms with Crippen molar-refractivity contribution in [2.24, 2.45) is 0 Å². The summed E-state index contributed by atoms with van der Waals surface area (Å²) in [4.78, 5) is 0. The molecule has 1 unspecified atom stereocenters. The molecule has 0 bridgehead atoms. The van der Waals surface area contributed by atoms with Gasteiger partial charge in [-0.3, -0.25) is 0 Å². The smallest absolute Gasteiger partial charge is 0.196 e. The topological polar surface area (TPSA) is 92.5 Å². The second kappa shape index (κ2) is 4.32. The molecule has 8 heteroatoms. The second-order valence-corrected chi connectivity index (χ2v) is 3.50. The van der Waals surface area contributed by atoms with E-state index in [-0.39, 0.29) is 11.4 Å². The van der Waals surface area contributed by atoms with Gasteiger partial charge in [-0.25, -0.2) is 8.78 Å². The van der Waals surface area contributed by atoms with Crippen molar-refractivity contribution in [3.63, 3.8) is 0 Å². The number of anilines is 2. The molecule has 1 aromatic heterocycles. The minimum absolute atomic E-state index is 0.0257. The fourth-order valence-corrected chi connectivity index (χ4v) is 1.36. The molecule has 90 valence electrons. The summed E-state index contributed by atoms with van der Waals surface area (Å²) in [6.07, 6.45) is 0. The number of nitrogens with two attached hydrogens (primary N) is 1. The maximum Gasteiger partial charge on any atom is 0.196 e. The molecule has 1 atom stereocenters. The molecule has 0 saturated heterocycles. The van der Waals surface area contributed by atoms with Crippen LogP contribution in [0.5, 0.6) is 0 Å². The number of hydrogen-bond donors (Lipinski definition) is 3. The first-order chi connectivity index (χ1) is 8.08. The number of nitrogens with one attached hydrogen (secondary N) is 2. The van der Waals surface area contributed by atoms with Gasteiger partial charge < -0.3 is 11.1 Å². The number of hydrogen-bond acceptors (Lipinski definition) is 5. The van der Waals surface area contributed by atoms with Crippen molar-refractivity contribution < 1.29 is 8.78 Å². The Morgan fingerprint density at radius 2 is 2.00 bits per heavy atom. The van der Waals surface area contributed by atoms with Gasteiger partial charge in [0, 0.05) is 5.69 Å². The number of nitrogens with zero attached hydrogens (tertiary/aromatic N) is 3. The molecule has 6 nitrogen and oxygen atoms in total. The third-order valence-electron chi connectivity index (χ3n) is 2.17. The van der Waals surface area contributed by atoms with Crippen LogP contribution in [0.1, 0.15) is 18.8 Å². The first kappa shape index (κ1) is 11.2. The van der Waals surface area contributed by atoms with Crippen LogP contribution in [-0.2, 0) is 0 Å². The number of tetrazole rings is 1. The van der Waals surface area contributed by atoms with Crippen LogP contribution in [0.4, 0.5) is 20.2 Å². The molecule has 0 spiro atoms. The highest BCUT2D eigenvalue weighted by atomic mass is 19.1.